The minimum atomic E-state index is -0.328. The lowest BCUT2D eigenvalue weighted by Gasteiger charge is -2.02. The molecule has 16 heavy (non-hydrogen) atoms. The first-order valence-corrected chi connectivity index (χ1v) is 5.31. The molecule has 1 unspecified atom stereocenters. The van der Waals surface area contributed by atoms with Crippen molar-refractivity contribution in [2.45, 2.75) is 25.7 Å². The zero-order chi connectivity index (χ0) is 11.5. The Morgan fingerprint density at radius 1 is 1.75 bits per heavy atom. The van der Waals surface area contributed by atoms with Crippen molar-refractivity contribution in [2.75, 3.05) is 6.54 Å². The topological polar surface area (TPSA) is 94.5 Å². The maximum absolute atomic E-state index is 11.6. The molecule has 1 aromatic heterocycles. The zero-order valence-electron chi connectivity index (χ0n) is 9.03. The smallest absolute Gasteiger partial charge is 0.290 e. The largest absolute Gasteiger partial charge is 0.348 e. The van der Waals surface area contributed by atoms with Crippen LogP contribution in [0.15, 0.2) is 0 Å². The van der Waals surface area contributed by atoms with Gasteiger partial charge in [0.25, 0.3) is 5.91 Å². The van der Waals surface area contributed by atoms with Crippen LogP contribution in [0.3, 0.4) is 0 Å². The highest BCUT2D eigenvalue weighted by molar-refractivity contribution is 5.90. The molecule has 1 aliphatic rings. The van der Waals surface area contributed by atoms with Crippen molar-refractivity contribution in [3.63, 3.8) is 0 Å². The Morgan fingerprint density at radius 3 is 3.12 bits per heavy atom. The molecule has 1 atom stereocenters. The summed E-state index contributed by atoms with van der Waals surface area (Å²) in [6.45, 7) is 2.07. The van der Waals surface area contributed by atoms with Crippen molar-refractivity contribution in [3.05, 3.63) is 11.6 Å². The van der Waals surface area contributed by atoms with Gasteiger partial charge in [0.05, 0.1) is 12.0 Å². The van der Waals surface area contributed by atoms with Gasteiger partial charge in [-0.3, -0.25) is 9.89 Å². The Kier molecular flexibility index (Phi) is 2.86. The summed E-state index contributed by atoms with van der Waals surface area (Å²) in [6, 6.07) is 2.04. The van der Waals surface area contributed by atoms with Crippen molar-refractivity contribution in [2.24, 2.45) is 5.92 Å². The van der Waals surface area contributed by atoms with Crippen LogP contribution < -0.4 is 5.32 Å². The molecule has 6 heteroatoms. The molecule has 1 heterocycles. The number of nitriles is 1. The number of carbonyl (C=O) groups excluding carboxylic acids is 1. The molecule has 0 saturated heterocycles. The van der Waals surface area contributed by atoms with E-state index in [4.69, 9.17) is 5.26 Å². The van der Waals surface area contributed by atoms with Crippen molar-refractivity contribution < 1.29 is 4.79 Å². The van der Waals surface area contributed by atoms with Crippen molar-refractivity contribution >= 4 is 5.91 Å². The third-order valence-corrected chi connectivity index (χ3v) is 2.46. The normalized spacial score (nSPS) is 16.5. The van der Waals surface area contributed by atoms with Crippen LogP contribution in [0.4, 0.5) is 0 Å². The number of nitrogens with one attached hydrogen (secondary N) is 2. The standard InChI is InChI=1S/C10H13N5O/c1-6(4-11)5-12-10(16)9-13-8(14-15-9)7-2-3-7/h6-7H,2-3,5H2,1H3,(H,12,16)(H,13,14,15). The fourth-order valence-electron chi connectivity index (χ4n) is 1.29. The highest BCUT2D eigenvalue weighted by Crippen LogP contribution is 2.37. The van der Waals surface area contributed by atoms with Crippen molar-refractivity contribution in [1.29, 1.82) is 5.26 Å². The number of nitrogens with zero attached hydrogens (tertiary/aromatic N) is 3. The first-order chi connectivity index (χ1) is 7.70. The average molecular weight is 219 g/mol. The van der Waals surface area contributed by atoms with E-state index in [1.54, 1.807) is 6.92 Å². The molecule has 1 fully saturated rings. The monoisotopic (exact) mass is 219 g/mol. The zero-order valence-corrected chi connectivity index (χ0v) is 9.03. The fourth-order valence-corrected chi connectivity index (χ4v) is 1.29. The minimum absolute atomic E-state index is 0.159. The molecular formula is C10H13N5O. The van der Waals surface area contributed by atoms with Gasteiger partial charge in [0, 0.05) is 12.5 Å². The lowest BCUT2D eigenvalue weighted by Crippen LogP contribution is -2.28. The van der Waals surface area contributed by atoms with E-state index in [0.717, 1.165) is 18.7 Å². The number of aromatic amines is 1. The number of H-pyrrole nitrogens is 1. The molecule has 0 spiro atoms. The molecular weight excluding hydrogens is 206 g/mol. The summed E-state index contributed by atoms with van der Waals surface area (Å²) in [4.78, 5) is 15.7. The van der Waals surface area contributed by atoms with E-state index < -0.39 is 0 Å². The van der Waals surface area contributed by atoms with Gasteiger partial charge in [0.1, 0.15) is 5.82 Å². The molecule has 1 aromatic rings. The molecule has 1 aliphatic carbocycles. The van der Waals surface area contributed by atoms with Crippen LogP contribution in [-0.4, -0.2) is 27.6 Å². The van der Waals surface area contributed by atoms with E-state index in [1.807, 2.05) is 6.07 Å². The molecule has 6 nitrogen and oxygen atoms in total. The molecule has 2 N–H and O–H groups in total. The first-order valence-electron chi connectivity index (χ1n) is 5.31. The van der Waals surface area contributed by atoms with E-state index in [0.29, 0.717) is 12.5 Å². The van der Waals surface area contributed by atoms with Gasteiger partial charge in [0.15, 0.2) is 0 Å². The van der Waals surface area contributed by atoms with Gasteiger partial charge >= 0.3 is 0 Å². The lowest BCUT2D eigenvalue weighted by molar-refractivity contribution is 0.0940. The molecule has 84 valence electrons. The summed E-state index contributed by atoms with van der Waals surface area (Å²) >= 11 is 0. The van der Waals surface area contributed by atoms with E-state index in [2.05, 4.69) is 20.5 Å². The van der Waals surface area contributed by atoms with Crippen LogP contribution in [0.1, 0.15) is 42.1 Å². The molecule has 0 aliphatic heterocycles. The molecule has 0 bridgehead atoms. The Hall–Kier alpha value is -1.90. The van der Waals surface area contributed by atoms with Gasteiger partial charge < -0.3 is 5.32 Å². The van der Waals surface area contributed by atoms with Gasteiger partial charge in [-0.15, -0.1) is 5.10 Å². The van der Waals surface area contributed by atoms with Gasteiger partial charge in [-0.1, -0.05) is 0 Å². The number of hydrogen-bond donors (Lipinski definition) is 2. The van der Waals surface area contributed by atoms with Crippen LogP contribution >= 0.6 is 0 Å². The molecule has 0 radical (unpaired) electrons. The van der Waals surface area contributed by atoms with Crippen LogP contribution in [0.2, 0.25) is 0 Å². The van der Waals surface area contributed by atoms with Crippen LogP contribution in [-0.2, 0) is 0 Å². The summed E-state index contributed by atoms with van der Waals surface area (Å²) in [6.07, 6.45) is 2.23. The van der Waals surface area contributed by atoms with E-state index in [9.17, 15) is 4.79 Å². The maximum atomic E-state index is 11.6. The Bertz CT molecular complexity index is 429. The second-order valence-corrected chi connectivity index (χ2v) is 4.06. The first kappa shape index (κ1) is 10.6. The van der Waals surface area contributed by atoms with Gasteiger partial charge in [0.2, 0.25) is 5.82 Å². The fraction of sp³-hybridized carbons (Fsp3) is 0.600. The van der Waals surface area contributed by atoms with E-state index >= 15 is 0 Å². The van der Waals surface area contributed by atoms with Gasteiger partial charge in [-0.05, 0) is 19.8 Å². The third-order valence-electron chi connectivity index (χ3n) is 2.46. The van der Waals surface area contributed by atoms with Crippen LogP contribution in [0.25, 0.3) is 0 Å². The second kappa shape index (κ2) is 4.31. The van der Waals surface area contributed by atoms with E-state index in [1.165, 1.54) is 0 Å². The summed E-state index contributed by atoms with van der Waals surface area (Å²) in [7, 11) is 0. The number of rotatable bonds is 4. The maximum Gasteiger partial charge on any atom is 0.290 e. The summed E-state index contributed by atoms with van der Waals surface area (Å²) in [5, 5.41) is 17.8. The van der Waals surface area contributed by atoms with Crippen molar-refractivity contribution in [3.8, 4) is 6.07 Å². The summed E-state index contributed by atoms with van der Waals surface area (Å²) < 4.78 is 0. The SMILES string of the molecule is CC(C#N)CNC(=O)c1n[nH]c(C2CC2)n1. The Morgan fingerprint density at radius 2 is 2.50 bits per heavy atom. The number of amides is 1. The predicted octanol–water partition coefficient (Wildman–Crippen LogP) is 0.572. The highest BCUT2D eigenvalue weighted by atomic mass is 16.2. The Balaban J connectivity index is 1.90. The number of hydrogen-bond acceptors (Lipinski definition) is 4. The number of aromatic nitrogens is 3. The number of carbonyl (C=O) groups is 1. The van der Waals surface area contributed by atoms with Gasteiger partial charge in [-0.25, -0.2) is 4.98 Å². The average Bonchev–Trinajstić information content (AvgIpc) is 3.03. The van der Waals surface area contributed by atoms with E-state index in [-0.39, 0.29) is 17.6 Å². The summed E-state index contributed by atoms with van der Waals surface area (Å²) in [5.74, 6) is 0.869. The van der Waals surface area contributed by atoms with Crippen molar-refractivity contribution in [1.82, 2.24) is 20.5 Å². The molecule has 0 aromatic carbocycles. The Labute approximate surface area is 93.1 Å². The molecule has 1 amide bonds. The minimum Gasteiger partial charge on any atom is -0.348 e. The highest BCUT2D eigenvalue weighted by Gasteiger charge is 2.28. The van der Waals surface area contributed by atoms with Gasteiger partial charge in [-0.2, -0.15) is 5.26 Å². The molecule has 1 saturated carbocycles. The third kappa shape index (κ3) is 2.37. The molecule has 2 rings (SSSR count). The lowest BCUT2D eigenvalue weighted by atomic mass is 10.2. The predicted molar refractivity (Wildman–Crippen MR) is 55.5 cm³/mol. The second-order valence-electron chi connectivity index (χ2n) is 4.06. The van der Waals surface area contributed by atoms with Crippen LogP contribution in [0, 0.1) is 17.2 Å². The quantitative estimate of drug-likeness (QED) is 0.774. The van der Waals surface area contributed by atoms with Crippen LogP contribution in [0.5, 0.6) is 0 Å². The summed E-state index contributed by atoms with van der Waals surface area (Å²) in [5.41, 5.74) is 0.